The summed E-state index contributed by atoms with van der Waals surface area (Å²) in [4.78, 5) is 0. The Bertz CT molecular complexity index is 163. The van der Waals surface area contributed by atoms with E-state index in [9.17, 15) is 8.42 Å². The number of hydrogen-bond acceptors (Lipinski definition) is 2. The number of rotatable bonds is 0. The monoisotopic (exact) mass is 99.0 g/mol. The molecule has 0 aliphatic rings. The molecular weight excluding hydrogens is 92.1 g/mol. The van der Waals surface area contributed by atoms with Crippen LogP contribution in [0.25, 0.3) is 0 Å². The lowest BCUT2D eigenvalue weighted by atomic mass is 12.0. The van der Waals surface area contributed by atoms with Crippen molar-refractivity contribution in [2.24, 2.45) is 0 Å². The van der Waals surface area contributed by atoms with Crippen LogP contribution in [0.3, 0.4) is 0 Å². The molecule has 0 aromatic heterocycles. The van der Waals surface area contributed by atoms with Gasteiger partial charge in [0.2, 0.25) is 0 Å². The van der Waals surface area contributed by atoms with Crippen molar-refractivity contribution in [1.82, 2.24) is 0 Å². The zero-order valence-corrected chi connectivity index (χ0v) is 2.99. The molecule has 0 unspecified atom stereocenters. The summed E-state index contributed by atoms with van der Waals surface area (Å²) in [7, 11) is -4.84. The van der Waals surface area contributed by atoms with E-state index >= 15 is 0 Å². The predicted octanol–water partition coefficient (Wildman–Crippen LogP) is -0.496. The second-order valence-corrected chi connectivity index (χ2v) is 1.43. The highest BCUT2D eigenvalue weighted by Gasteiger charge is 1.81. The first-order valence-electron chi connectivity index (χ1n) is 2.22. The molecule has 0 aromatic rings. The molecule has 0 heterocycles. The SMILES string of the molecule is [2H]C([2H])([2H])S(=O)(=O)O. The summed E-state index contributed by atoms with van der Waals surface area (Å²) in [5, 5.41) is 0. The van der Waals surface area contributed by atoms with E-state index in [1.807, 2.05) is 0 Å². The van der Waals surface area contributed by atoms with Crippen LogP contribution in [0.1, 0.15) is 4.11 Å². The van der Waals surface area contributed by atoms with Crippen LogP contribution >= 0.6 is 0 Å². The fraction of sp³-hybridized carbons (Fsp3) is 1.00. The summed E-state index contributed by atoms with van der Waals surface area (Å²) in [6, 6.07) is 0. The third-order valence-electron chi connectivity index (χ3n) is 0. The molecule has 0 saturated heterocycles. The van der Waals surface area contributed by atoms with Gasteiger partial charge in [0.05, 0.1) is 6.18 Å². The average Bonchev–Trinajstić information content (AvgIpc) is 1.25. The average molecular weight is 99.1 g/mol. The van der Waals surface area contributed by atoms with Crippen LogP contribution < -0.4 is 0 Å². The minimum absolute atomic E-state index is 3.28. The van der Waals surface area contributed by atoms with Crippen LogP contribution in [0, 0.1) is 0 Å². The molecule has 4 heteroatoms. The normalized spacial score (nSPS) is 23.0. The van der Waals surface area contributed by atoms with E-state index in [0.29, 0.717) is 0 Å². The van der Waals surface area contributed by atoms with Gasteiger partial charge in [0.15, 0.2) is 0 Å². The van der Waals surface area contributed by atoms with Gasteiger partial charge in [-0.05, 0) is 0 Å². The summed E-state index contributed by atoms with van der Waals surface area (Å²) >= 11 is 0. The molecule has 0 aromatic carbocycles. The molecule has 0 amide bonds. The summed E-state index contributed by atoms with van der Waals surface area (Å²) < 4.78 is 45.3. The van der Waals surface area contributed by atoms with Crippen molar-refractivity contribution in [1.29, 1.82) is 0 Å². The summed E-state index contributed by atoms with van der Waals surface area (Å²) in [5.41, 5.74) is 0. The minimum atomic E-state index is -4.84. The standard InChI is InChI=1S/CH4O3S/c1-5(2,3)4/h1H3,(H,2,3,4)/i1D3. The van der Waals surface area contributed by atoms with E-state index in [2.05, 4.69) is 0 Å². The maximum Gasteiger partial charge on any atom is 0.261 e. The Morgan fingerprint density at radius 1 is 2.00 bits per heavy atom. The maximum absolute atomic E-state index is 9.65. The van der Waals surface area contributed by atoms with E-state index < -0.39 is 16.3 Å². The second-order valence-electron chi connectivity index (χ2n) is 0.475. The largest absolute Gasteiger partial charge is 0.286 e. The summed E-state index contributed by atoms with van der Waals surface area (Å²) in [6.45, 7) is 0. The number of hydrogen-bond donors (Lipinski definition) is 1. The molecule has 0 spiro atoms. The van der Waals surface area contributed by atoms with Gasteiger partial charge in [0, 0.05) is 4.11 Å². The molecule has 0 bridgehead atoms. The molecular formula is CH4O3S. The molecule has 0 saturated carbocycles. The molecule has 0 rings (SSSR count). The van der Waals surface area contributed by atoms with Gasteiger partial charge in [0.25, 0.3) is 10.1 Å². The van der Waals surface area contributed by atoms with Gasteiger partial charge in [0.1, 0.15) is 0 Å². The lowest BCUT2D eigenvalue weighted by Gasteiger charge is -1.69. The Morgan fingerprint density at radius 2 is 2.20 bits per heavy atom. The van der Waals surface area contributed by atoms with Crippen molar-refractivity contribution in [2.75, 3.05) is 6.18 Å². The molecule has 1 N–H and O–H groups in total. The molecule has 0 aliphatic carbocycles. The Balaban J connectivity index is 4.53. The van der Waals surface area contributed by atoms with Gasteiger partial charge < -0.3 is 0 Å². The van der Waals surface area contributed by atoms with E-state index in [1.165, 1.54) is 0 Å². The van der Waals surface area contributed by atoms with Gasteiger partial charge >= 0.3 is 0 Å². The Morgan fingerprint density at radius 3 is 2.20 bits per heavy atom. The highest BCUT2D eigenvalue weighted by Crippen LogP contribution is 1.60. The van der Waals surface area contributed by atoms with E-state index in [0.717, 1.165) is 0 Å². The quantitative estimate of drug-likeness (QED) is 0.417. The van der Waals surface area contributed by atoms with Crippen molar-refractivity contribution in [3.63, 3.8) is 0 Å². The second kappa shape index (κ2) is 0.948. The van der Waals surface area contributed by atoms with Crippen molar-refractivity contribution < 1.29 is 17.1 Å². The first kappa shape index (κ1) is 1.57. The molecule has 0 aliphatic heterocycles. The first-order chi connectivity index (χ1) is 3.25. The van der Waals surface area contributed by atoms with Gasteiger partial charge in [-0.1, -0.05) is 0 Å². The molecule has 0 radical (unpaired) electrons. The van der Waals surface area contributed by atoms with E-state index in [4.69, 9.17) is 8.67 Å². The van der Waals surface area contributed by atoms with Gasteiger partial charge in [-0.25, -0.2) is 0 Å². The zero-order valence-electron chi connectivity index (χ0n) is 5.17. The molecule has 32 valence electrons. The van der Waals surface area contributed by atoms with Crippen LogP contribution in [-0.2, 0) is 10.1 Å². The molecule has 5 heavy (non-hydrogen) atoms. The summed E-state index contributed by atoms with van der Waals surface area (Å²) in [6.07, 6.45) is -3.28. The minimum Gasteiger partial charge on any atom is -0.286 e. The Hall–Kier alpha value is -0.0900. The highest BCUT2D eigenvalue weighted by molar-refractivity contribution is 7.85. The van der Waals surface area contributed by atoms with Crippen LogP contribution in [0.5, 0.6) is 0 Å². The van der Waals surface area contributed by atoms with Crippen LogP contribution in [-0.4, -0.2) is 19.2 Å². The third kappa shape index (κ3) is 1760. The smallest absolute Gasteiger partial charge is 0.261 e. The Kier molecular flexibility index (Phi) is 0.298. The topological polar surface area (TPSA) is 54.4 Å². The fourth-order valence-electron chi connectivity index (χ4n) is 0. The molecule has 0 fully saturated rings. The van der Waals surface area contributed by atoms with Crippen molar-refractivity contribution in [2.45, 2.75) is 0 Å². The lowest BCUT2D eigenvalue weighted by molar-refractivity contribution is 0.490. The van der Waals surface area contributed by atoms with Crippen molar-refractivity contribution in [3.8, 4) is 0 Å². The fourth-order valence-corrected chi connectivity index (χ4v) is 0. The van der Waals surface area contributed by atoms with Crippen LogP contribution in [0.2, 0.25) is 0 Å². The van der Waals surface area contributed by atoms with E-state index in [-0.39, 0.29) is 0 Å². The zero-order chi connectivity index (χ0) is 7.00. The van der Waals surface area contributed by atoms with E-state index in [1.54, 1.807) is 0 Å². The molecule has 3 nitrogen and oxygen atoms in total. The Labute approximate surface area is 34.6 Å². The third-order valence-corrected chi connectivity index (χ3v) is 0. The van der Waals surface area contributed by atoms with Crippen molar-refractivity contribution in [3.05, 3.63) is 0 Å². The van der Waals surface area contributed by atoms with Gasteiger partial charge in [-0.15, -0.1) is 0 Å². The maximum atomic E-state index is 9.65. The highest BCUT2D eigenvalue weighted by atomic mass is 32.2. The van der Waals surface area contributed by atoms with Gasteiger partial charge in [-0.2, -0.15) is 8.42 Å². The predicted molar refractivity (Wildman–Crippen MR) is 17.5 cm³/mol. The molecule has 0 atom stereocenters. The van der Waals surface area contributed by atoms with Crippen LogP contribution in [0.15, 0.2) is 0 Å². The van der Waals surface area contributed by atoms with Crippen LogP contribution in [0.4, 0.5) is 0 Å². The summed E-state index contributed by atoms with van der Waals surface area (Å²) in [5.74, 6) is 0. The van der Waals surface area contributed by atoms with Crippen molar-refractivity contribution >= 4 is 10.1 Å². The first-order valence-corrected chi connectivity index (χ1v) is 2.16. The van der Waals surface area contributed by atoms with Gasteiger partial charge in [-0.3, -0.25) is 4.55 Å². The lowest BCUT2D eigenvalue weighted by Crippen LogP contribution is -1.88.